The molecule has 0 unspecified atom stereocenters. The molecule has 0 saturated heterocycles. The number of nitrogens with one attached hydrogen (secondary N) is 1. The van der Waals surface area contributed by atoms with E-state index in [1.807, 2.05) is 0 Å². The van der Waals surface area contributed by atoms with Crippen molar-refractivity contribution in [3.8, 4) is 0 Å². The summed E-state index contributed by atoms with van der Waals surface area (Å²) in [5, 5.41) is 10.7. The summed E-state index contributed by atoms with van der Waals surface area (Å²) < 4.78 is 23.4. The van der Waals surface area contributed by atoms with Crippen molar-refractivity contribution in [1.29, 1.82) is 0 Å². The molecule has 1 aliphatic carbocycles. The molecule has 0 atom stereocenters. The van der Waals surface area contributed by atoms with Crippen LogP contribution in [-0.2, 0) is 36.0 Å². The number of aryl methyl sites for hydroxylation is 2. The summed E-state index contributed by atoms with van der Waals surface area (Å²) in [6.45, 7) is 2.08. The van der Waals surface area contributed by atoms with Crippen LogP contribution in [0.3, 0.4) is 0 Å². The van der Waals surface area contributed by atoms with Crippen LogP contribution in [0.5, 0.6) is 0 Å². The highest BCUT2D eigenvalue weighted by atomic mass is 32.2. The summed E-state index contributed by atoms with van der Waals surface area (Å²) in [6.07, 6.45) is 4.72. The van der Waals surface area contributed by atoms with Gasteiger partial charge in [0.1, 0.15) is 9.22 Å². The molecule has 0 saturated carbocycles. The molecule has 6 nitrogen and oxygen atoms in total. The van der Waals surface area contributed by atoms with Gasteiger partial charge in [-0.3, -0.25) is 5.32 Å². The van der Waals surface area contributed by atoms with Gasteiger partial charge in [-0.2, -0.15) is 0 Å². The summed E-state index contributed by atoms with van der Waals surface area (Å²) in [6, 6.07) is 1.68. The van der Waals surface area contributed by atoms with Gasteiger partial charge in [0, 0.05) is 17.0 Å². The van der Waals surface area contributed by atoms with Gasteiger partial charge in [0.25, 0.3) is 0 Å². The molecule has 9 heteroatoms. The number of aromatic nitrogens is 1. The number of rotatable bonds is 3. The van der Waals surface area contributed by atoms with Crippen LogP contribution < -0.4 is 15.4 Å². The number of thiazole rings is 1. The Morgan fingerprint density at radius 1 is 1.30 bits per heavy atom. The van der Waals surface area contributed by atoms with Crippen molar-refractivity contribution in [2.45, 2.75) is 43.0 Å². The lowest BCUT2D eigenvalue weighted by Crippen LogP contribution is -2.37. The smallest absolute Gasteiger partial charge is 0.247 e. The number of sulfonamides is 1. The van der Waals surface area contributed by atoms with Crippen LogP contribution in [0.4, 0.5) is 5.00 Å². The van der Waals surface area contributed by atoms with Gasteiger partial charge in [-0.15, -0.1) is 22.7 Å². The van der Waals surface area contributed by atoms with E-state index in [1.165, 1.54) is 34.7 Å². The number of thiophene rings is 1. The van der Waals surface area contributed by atoms with Crippen LogP contribution in [0.2, 0.25) is 0 Å². The van der Waals surface area contributed by atoms with Gasteiger partial charge >= 0.3 is 0 Å². The molecule has 3 heterocycles. The molecule has 23 heavy (non-hydrogen) atoms. The van der Waals surface area contributed by atoms with Crippen molar-refractivity contribution in [1.82, 2.24) is 10.3 Å². The van der Waals surface area contributed by atoms with Gasteiger partial charge in [0.2, 0.25) is 10.0 Å². The topological polar surface area (TPSA) is 88.3 Å². The third kappa shape index (κ3) is 3.03. The van der Waals surface area contributed by atoms with Crippen LogP contribution in [-0.4, -0.2) is 20.1 Å². The van der Waals surface area contributed by atoms with E-state index in [-0.39, 0.29) is 4.21 Å². The molecule has 0 amide bonds. The molecule has 1 aliphatic heterocycles. The molecule has 0 fully saturated rings. The van der Waals surface area contributed by atoms with Crippen molar-refractivity contribution in [3.63, 3.8) is 0 Å². The van der Waals surface area contributed by atoms with E-state index in [0.717, 1.165) is 28.4 Å². The first-order valence-electron chi connectivity index (χ1n) is 7.59. The van der Waals surface area contributed by atoms with E-state index in [4.69, 9.17) is 10.1 Å². The van der Waals surface area contributed by atoms with Crippen LogP contribution in [0, 0.1) is 0 Å². The van der Waals surface area contributed by atoms with E-state index in [0.29, 0.717) is 19.8 Å². The summed E-state index contributed by atoms with van der Waals surface area (Å²) >= 11 is 3.05. The van der Waals surface area contributed by atoms with E-state index in [2.05, 4.69) is 10.2 Å². The van der Waals surface area contributed by atoms with Gasteiger partial charge in [-0.25, -0.2) is 18.5 Å². The van der Waals surface area contributed by atoms with E-state index in [9.17, 15) is 8.42 Å². The first kappa shape index (κ1) is 15.5. The normalized spacial score (nSPS) is 17.9. The van der Waals surface area contributed by atoms with Gasteiger partial charge in [0.15, 0.2) is 0 Å². The van der Waals surface area contributed by atoms with E-state index in [1.54, 1.807) is 17.4 Å². The second-order valence-corrected chi connectivity index (χ2v) is 9.90. The van der Waals surface area contributed by atoms with Gasteiger partial charge < -0.3 is 4.90 Å². The summed E-state index contributed by atoms with van der Waals surface area (Å²) in [7, 11) is -3.64. The molecule has 124 valence electrons. The van der Waals surface area contributed by atoms with Crippen molar-refractivity contribution in [2.75, 3.05) is 11.6 Å². The molecule has 2 aromatic heterocycles. The van der Waals surface area contributed by atoms with Crippen LogP contribution in [0.1, 0.15) is 34.0 Å². The Balaban J connectivity index is 1.61. The molecule has 4 rings (SSSR count). The Hall–Kier alpha value is -1.00. The largest absolute Gasteiger partial charge is 0.344 e. The van der Waals surface area contributed by atoms with Gasteiger partial charge in [-0.1, -0.05) is 0 Å². The minimum atomic E-state index is -3.64. The predicted molar refractivity (Wildman–Crippen MR) is 92.3 cm³/mol. The minimum Gasteiger partial charge on any atom is -0.344 e. The Morgan fingerprint density at radius 3 is 2.91 bits per heavy atom. The Bertz CT molecular complexity index is 817. The van der Waals surface area contributed by atoms with E-state index < -0.39 is 10.0 Å². The SMILES string of the molecule is NS(=O)(=O)c1cc2c(s1)N(Cc1nc3c(s1)CCCC3)CNC2. The zero-order valence-electron chi connectivity index (χ0n) is 12.5. The first-order valence-corrected chi connectivity index (χ1v) is 10.8. The lowest BCUT2D eigenvalue weighted by molar-refractivity contribution is 0.599. The summed E-state index contributed by atoms with van der Waals surface area (Å²) in [5.74, 6) is 0. The van der Waals surface area contributed by atoms with Crippen molar-refractivity contribution < 1.29 is 8.42 Å². The maximum absolute atomic E-state index is 11.6. The lowest BCUT2D eigenvalue weighted by atomic mass is 10.0. The second-order valence-electron chi connectivity index (χ2n) is 5.91. The predicted octanol–water partition coefficient (Wildman–Crippen LogP) is 1.80. The van der Waals surface area contributed by atoms with Crippen LogP contribution in [0.25, 0.3) is 0 Å². The Morgan fingerprint density at radius 2 is 2.13 bits per heavy atom. The zero-order chi connectivity index (χ0) is 16.0. The summed E-state index contributed by atoms with van der Waals surface area (Å²) in [5.41, 5.74) is 2.25. The lowest BCUT2D eigenvalue weighted by Gasteiger charge is -2.28. The third-order valence-electron chi connectivity index (χ3n) is 4.17. The molecular formula is C14H18N4O2S3. The van der Waals surface area contributed by atoms with Crippen LogP contribution in [0.15, 0.2) is 10.3 Å². The molecule has 0 radical (unpaired) electrons. The molecule has 0 aromatic carbocycles. The fourth-order valence-corrected chi connectivity index (χ4v) is 6.18. The second kappa shape index (κ2) is 5.82. The zero-order valence-corrected chi connectivity index (χ0v) is 15.0. The number of nitrogens with two attached hydrogens (primary N) is 1. The number of hydrogen-bond acceptors (Lipinski definition) is 7. The monoisotopic (exact) mass is 370 g/mol. The quantitative estimate of drug-likeness (QED) is 0.860. The highest BCUT2D eigenvalue weighted by Gasteiger charge is 2.25. The maximum Gasteiger partial charge on any atom is 0.247 e. The molecule has 0 spiro atoms. The fraction of sp³-hybridized carbons (Fsp3) is 0.500. The molecule has 2 aliphatic rings. The first-order chi connectivity index (χ1) is 11.0. The fourth-order valence-electron chi connectivity index (χ4n) is 3.09. The van der Waals surface area contributed by atoms with Crippen LogP contribution >= 0.6 is 22.7 Å². The standard InChI is InChI=1S/C14H18N4O2S3/c15-23(19,20)13-5-9-6-16-8-18(14(9)22-13)7-12-17-10-3-1-2-4-11(10)21-12/h5,16H,1-4,6-8H2,(H2,15,19,20). The molecule has 0 bridgehead atoms. The number of nitrogens with zero attached hydrogens (tertiary/aromatic N) is 2. The highest BCUT2D eigenvalue weighted by Crippen LogP contribution is 2.37. The van der Waals surface area contributed by atoms with Crippen molar-refractivity contribution in [2.24, 2.45) is 5.14 Å². The average molecular weight is 371 g/mol. The van der Waals surface area contributed by atoms with Gasteiger partial charge in [-0.05, 0) is 31.7 Å². The molecule has 3 N–H and O–H groups in total. The minimum absolute atomic E-state index is 0.231. The third-order valence-corrected chi connectivity index (χ3v) is 7.97. The Labute approximate surface area is 143 Å². The summed E-state index contributed by atoms with van der Waals surface area (Å²) in [4.78, 5) is 8.36. The molecule has 2 aromatic rings. The average Bonchev–Trinajstić information content (AvgIpc) is 3.10. The van der Waals surface area contributed by atoms with Crippen molar-refractivity contribution >= 4 is 37.7 Å². The number of primary sulfonamides is 1. The molecular weight excluding hydrogens is 352 g/mol. The van der Waals surface area contributed by atoms with Crippen molar-refractivity contribution in [3.05, 3.63) is 27.2 Å². The van der Waals surface area contributed by atoms with Gasteiger partial charge in [0.05, 0.1) is 23.9 Å². The van der Waals surface area contributed by atoms with E-state index >= 15 is 0 Å². The number of anilines is 1. The Kier molecular flexibility index (Phi) is 3.93. The maximum atomic E-state index is 11.6. The number of hydrogen-bond donors (Lipinski definition) is 2. The number of fused-ring (bicyclic) bond motifs is 2. The highest BCUT2D eigenvalue weighted by molar-refractivity contribution is 7.91.